The molecule has 0 fully saturated rings. The summed E-state index contributed by atoms with van der Waals surface area (Å²) in [6.45, 7) is 4.04. The van der Waals surface area contributed by atoms with Crippen molar-refractivity contribution in [3.8, 4) is 5.75 Å². The van der Waals surface area contributed by atoms with Gasteiger partial charge in [-0.3, -0.25) is 4.79 Å². The molecule has 2 aromatic rings. The van der Waals surface area contributed by atoms with Gasteiger partial charge in [0.1, 0.15) is 23.6 Å². The molecular formula is C15H19ClN2O3. The number of methoxy groups -OCH3 is 1. The zero-order valence-corrected chi connectivity index (χ0v) is 13.2. The van der Waals surface area contributed by atoms with Crippen LogP contribution in [0.4, 0.5) is 0 Å². The first-order chi connectivity index (χ1) is 10.1. The van der Waals surface area contributed by atoms with E-state index in [1.54, 1.807) is 0 Å². The number of alkyl halides is 1. The summed E-state index contributed by atoms with van der Waals surface area (Å²) in [5.74, 6) is 1.58. The van der Waals surface area contributed by atoms with E-state index >= 15 is 0 Å². The Labute approximate surface area is 128 Å². The van der Waals surface area contributed by atoms with Gasteiger partial charge >= 0.3 is 5.97 Å². The molecule has 0 unspecified atom stereocenters. The molecule has 0 spiro atoms. The minimum absolute atomic E-state index is 0.0536. The topological polar surface area (TPSA) is 53.4 Å². The second kappa shape index (κ2) is 6.80. The van der Waals surface area contributed by atoms with Crippen LogP contribution in [0.15, 0.2) is 18.2 Å². The second-order valence-electron chi connectivity index (χ2n) is 4.92. The summed E-state index contributed by atoms with van der Waals surface area (Å²) in [6.07, 6.45) is 0.631. The molecule has 1 heterocycles. The molecule has 0 bridgehead atoms. The first-order valence-corrected chi connectivity index (χ1v) is 7.37. The number of aromatic nitrogens is 2. The molecule has 0 aliphatic rings. The molecule has 1 aromatic carbocycles. The summed E-state index contributed by atoms with van der Waals surface area (Å²) < 4.78 is 12.4. The minimum Gasteiger partial charge on any atom is -0.489 e. The molecule has 0 saturated carbocycles. The maximum absolute atomic E-state index is 11.6. The number of hydrogen-bond donors (Lipinski definition) is 0. The third kappa shape index (κ3) is 3.47. The van der Waals surface area contributed by atoms with Gasteiger partial charge < -0.3 is 14.0 Å². The Bertz CT molecular complexity index is 637. The van der Waals surface area contributed by atoms with E-state index in [2.05, 4.69) is 4.98 Å². The maximum Gasteiger partial charge on any atom is 0.325 e. The third-order valence-corrected chi connectivity index (χ3v) is 3.21. The van der Waals surface area contributed by atoms with Gasteiger partial charge in [0.25, 0.3) is 0 Å². The van der Waals surface area contributed by atoms with Crippen LogP contribution in [0.3, 0.4) is 0 Å². The largest absolute Gasteiger partial charge is 0.489 e. The van der Waals surface area contributed by atoms with Gasteiger partial charge in [-0.25, -0.2) is 4.98 Å². The maximum atomic E-state index is 11.6. The molecule has 21 heavy (non-hydrogen) atoms. The van der Waals surface area contributed by atoms with E-state index in [1.807, 2.05) is 36.6 Å². The van der Waals surface area contributed by atoms with Crippen LogP contribution in [-0.2, 0) is 22.5 Å². The minimum atomic E-state index is -0.319. The highest BCUT2D eigenvalue weighted by Crippen LogP contribution is 2.27. The lowest BCUT2D eigenvalue weighted by atomic mass is 10.3. The van der Waals surface area contributed by atoms with Crippen molar-refractivity contribution in [2.24, 2.45) is 0 Å². The number of rotatable bonds is 6. The number of carbonyl (C=O) groups is 1. The smallest absolute Gasteiger partial charge is 0.325 e. The number of nitrogens with zero attached hydrogens (tertiary/aromatic N) is 2. The van der Waals surface area contributed by atoms with Gasteiger partial charge in [0.05, 0.1) is 18.7 Å². The number of halogens is 1. The molecule has 6 heteroatoms. The zero-order valence-electron chi connectivity index (χ0n) is 12.4. The van der Waals surface area contributed by atoms with Crippen molar-refractivity contribution in [3.63, 3.8) is 0 Å². The van der Waals surface area contributed by atoms with Gasteiger partial charge in [-0.2, -0.15) is 0 Å². The van der Waals surface area contributed by atoms with Gasteiger partial charge in [0, 0.05) is 12.3 Å². The van der Waals surface area contributed by atoms with Gasteiger partial charge in [-0.15, -0.1) is 11.6 Å². The number of esters is 1. The van der Waals surface area contributed by atoms with Gasteiger partial charge in [0.2, 0.25) is 0 Å². The lowest BCUT2D eigenvalue weighted by Crippen LogP contribution is -2.14. The van der Waals surface area contributed by atoms with E-state index in [9.17, 15) is 4.79 Å². The summed E-state index contributed by atoms with van der Waals surface area (Å²) in [4.78, 5) is 16.2. The van der Waals surface area contributed by atoms with Crippen molar-refractivity contribution in [1.29, 1.82) is 0 Å². The second-order valence-corrected chi connectivity index (χ2v) is 5.30. The van der Waals surface area contributed by atoms with Crippen LogP contribution in [0.1, 0.15) is 19.7 Å². The molecule has 0 radical (unpaired) electrons. The number of carbonyl (C=O) groups excluding carboxylic acids is 1. The summed E-state index contributed by atoms with van der Waals surface area (Å²) in [6, 6.07) is 5.68. The number of aryl methyl sites for hydroxylation is 1. The van der Waals surface area contributed by atoms with Crippen LogP contribution in [0.25, 0.3) is 11.0 Å². The Balaban J connectivity index is 2.53. The molecule has 5 nitrogen and oxygen atoms in total. The molecule has 2 rings (SSSR count). The first kappa shape index (κ1) is 15.6. The molecule has 0 saturated heterocycles. The fourth-order valence-corrected chi connectivity index (χ4v) is 2.33. The Hall–Kier alpha value is -1.75. The van der Waals surface area contributed by atoms with Crippen molar-refractivity contribution in [3.05, 3.63) is 24.0 Å². The van der Waals surface area contributed by atoms with Gasteiger partial charge in [-0.05, 0) is 26.0 Å². The fourth-order valence-electron chi connectivity index (χ4n) is 2.16. The predicted octanol–water partition coefficient (Wildman–Crippen LogP) is 2.78. The van der Waals surface area contributed by atoms with Crippen molar-refractivity contribution in [2.45, 2.75) is 32.9 Å². The lowest BCUT2D eigenvalue weighted by molar-refractivity contribution is -0.141. The average molecular weight is 311 g/mol. The number of benzene rings is 1. The Morgan fingerprint density at radius 3 is 2.81 bits per heavy atom. The highest BCUT2D eigenvalue weighted by molar-refractivity contribution is 6.17. The number of fused-ring (bicyclic) bond motifs is 1. The summed E-state index contributed by atoms with van der Waals surface area (Å²) >= 11 is 5.83. The normalized spacial score (nSPS) is 11.1. The zero-order chi connectivity index (χ0) is 15.4. The van der Waals surface area contributed by atoms with Crippen molar-refractivity contribution >= 4 is 28.6 Å². The molecule has 0 amide bonds. The molecular weight excluding hydrogens is 292 g/mol. The SMILES string of the molecule is COC(=O)Cn1c(CCCl)nc2c(OC(C)C)cccc21. The third-order valence-electron chi connectivity index (χ3n) is 3.02. The van der Waals surface area contributed by atoms with E-state index in [4.69, 9.17) is 21.1 Å². The molecule has 0 aliphatic heterocycles. The van der Waals surface area contributed by atoms with Crippen molar-refractivity contribution in [1.82, 2.24) is 9.55 Å². The van der Waals surface area contributed by atoms with E-state index in [0.717, 1.165) is 16.9 Å². The van der Waals surface area contributed by atoms with Gasteiger partial charge in [0.15, 0.2) is 0 Å². The Morgan fingerprint density at radius 1 is 1.43 bits per heavy atom. The quantitative estimate of drug-likeness (QED) is 0.608. The van der Waals surface area contributed by atoms with Crippen molar-refractivity contribution < 1.29 is 14.3 Å². The molecule has 114 valence electrons. The van der Waals surface area contributed by atoms with E-state index in [-0.39, 0.29) is 18.6 Å². The summed E-state index contributed by atoms with van der Waals surface area (Å²) in [7, 11) is 1.37. The molecule has 0 N–H and O–H groups in total. The number of imidazole rings is 1. The summed E-state index contributed by atoms with van der Waals surface area (Å²) in [5.41, 5.74) is 1.59. The van der Waals surface area contributed by atoms with Gasteiger partial charge in [-0.1, -0.05) is 6.07 Å². The monoisotopic (exact) mass is 310 g/mol. The lowest BCUT2D eigenvalue weighted by Gasteiger charge is -2.10. The number of ether oxygens (including phenoxy) is 2. The van der Waals surface area contributed by atoms with Crippen molar-refractivity contribution in [2.75, 3.05) is 13.0 Å². The van der Waals surface area contributed by atoms with Crippen LogP contribution < -0.4 is 4.74 Å². The fraction of sp³-hybridized carbons (Fsp3) is 0.467. The molecule has 1 aromatic heterocycles. The first-order valence-electron chi connectivity index (χ1n) is 6.84. The molecule has 0 aliphatic carbocycles. The van der Waals surface area contributed by atoms with E-state index in [1.165, 1.54) is 7.11 Å². The van der Waals surface area contributed by atoms with Crippen LogP contribution >= 0.6 is 11.6 Å². The van der Waals surface area contributed by atoms with Crippen LogP contribution in [-0.4, -0.2) is 34.6 Å². The highest BCUT2D eigenvalue weighted by Gasteiger charge is 2.16. The number of hydrogen-bond acceptors (Lipinski definition) is 4. The summed E-state index contributed by atoms with van der Waals surface area (Å²) in [5, 5.41) is 0. The van der Waals surface area contributed by atoms with Crippen LogP contribution in [0.2, 0.25) is 0 Å². The Morgan fingerprint density at radius 2 is 2.19 bits per heavy atom. The Kier molecular flexibility index (Phi) is 5.07. The van der Waals surface area contributed by atoms with E-state index in [0.29, 0.717) is 18.1 Å². The molecule has 0 atom stereocenters. The van der Waals surface area contributed by atoms with Crippen LogP contribution in [0.5, 0.6) is 5.75 Å². The number of para-hydroxylation sites is 1. The van der Waals surface area contributed by atoms with E-state index < -0.39 is 0 Å². The standard InChI is InChI=1S/C15H19ClN2O3/c1-10(2)21-12-6-4-5-11-15(12)17-13(7-8-16)18(11)9-14(19)20-3/h4-6,10H,7-9H2,1-3H3. The highest BCUT2D eigenvalue weighted by atomic mass is 35.5. The van der Waals surface area contributed by atoms with Crippen LogP contribution in [0, 0.1) is 0 Å². The predicted molar refractivity (Wildman–Crippen MR) is 81.9 cm³/mol. The average Bonchev–Trinajstić information content (AvgIpc) is 2.78.